The van der Waals surface area contributed by atoms with E-state index in [9.17, 15) is 9.90 Å². The maximum Gasteiger partial charge on any atom is 0.335 e. The highest BCUT2D eigenvalue weighted by atomic mass is 16.4. The second-order valence-electron chi connectivity index (χ2n) is 5.88. The van der Waals surface area contributed by atoms with Crippen LogP contribution in [0.5, 0.6) is 0 Å². The quantitative estimate of drug-likeness (QED) is 0.602. The van der Waals surface area contributed by atoms with Crippen LogP contribution in [-0.2, 0) is 6.54 Å². The molecule has 0 atom stereocenters. The molecule has 0 aliphatic rings. The summed E-state index contributed by atoms with van der Waals surface area (Å²) in [6.07, 6.45) is 0. The van der Waals surface area contributed by atoms with Crippen LogP contribution in [0.2, 0.25) is 0 Å². The summed E-state index contributed by atoms with van der Waals surface area (Å²) in [5, 5.41) is 9.24. The molecular weight excluding hydrogens is 312 g/mol. The molecule has 1 aromatic heterocycles. The van der Waals surface area contributed by atoms with E-state index >= 15 is 0 Å². The third-order valence-corrected chi connectivity index (χ3v) is 4.21. The number of hydrogen-bond donors (Lipinski definition) is 1. The van der Waals surface area contributed by atoms with E-state index in [2.05, 4.69) is 16.7 Å². The van der Waals surface area contributed by atoms with Gasteiger partial charge in [0.25, 0.3) is 0 Å². The van der Waals surface area contributed by atoms with Gasteiger partial charge in [-0.15, -0.1) is 0 Å². The number of nitrogens with zero attached hydrogens (tertiary/aromatic N) is 2. The molecular formula is C21H16N2O2. The van der Waals surface area contributed by atoms with Gasteiger partial charge < -0.3 is 9.67 Å². The molecule has 0 unspecified atom stereocenters. The summed E-state index contributed by atoms with van der Waals surface area (Å²) in [7, 11) is 0. The van der Waals surface area contributed by atoms with Crippen LogP contribution in [0.15, 0.2) is 78.9 Å². The van der Waals surface area contributed by atoms with Crippen LogP contribution in [0.4, 0.5) is 0 Å². The Balaban J connectivity index is 1.92. The molecule has 122 valence electrons. The van der Waals surface area contributed by atoms with Gasteiger partial charge in [0.05, 0.1) is 16.6 Å². The number of carboxylic acids is 1. The summed E-state index contributed by atoms with van der Waals surface area (Å²) in [5.74, 6) is -0.109. The van der Waals surface area contributed by atoms with Gasteiger partial charge in [0, 0.05) is 12.1 Å². The number of imidazole rings is 1. The Morgan fingerprint density at radius 3 is 2.28 bits per heavy atom. The van der Waals surface area contributed by atoms with Crippen LogP contribution in [0, 0.1) is 0 Å². The average molecular weight is 328 g/mol. The molecule has 0 aliphatic heterocycles. The summed E-state index contributed by atoms with van der Waals surface area (Å²) in [6, 6.07) is 25.2. The minimum absolute atomic E-state index is 0.247. The first-order valence-corrected chi connectivity index (χ1v) is 8.05. The SMILES string of the molecule is O=C(O)c1ccc2c(c1)nc(-c1ccccc1)n2Cc1ccccc1. The Hall–Kier alpha value is -3.40. The third-order valence-electron chi connectivity index (χ3n) is 4.21. The lowest BCUT2D eigenvalue weighted by Crippen LogP contribution is -2.02. The van der Waals surface area contributed by atoms with Gasteiger partial charge >= 0.3 is 5.97 Å². The van der Waals surface area contributed by atoms with Crippen molar-refractivity contribution in [3.05, 3.63) is 90.0 Å². The molecule has 0 aliphatic carbocycles. The zero-order chi connectivity index (χ0) is 17.2. The minimum Gasteiger partial charge on any atom is -0.478 e. The van der Waals surface area contributed by atoms with Crippen LogP contribution < -0.4 is 0 Å². The number of hydrogen-bond acceptors (Lipinski definition) is 2. The summed E-state index contributed by atoms with van der Waals surface area (Å²) in [4.78, 5) is 16.0. The van der Waals surface area contributed by atoms with Crippen molar-refractivity contribution in [3.63, 3.8) is 0 Å². The van der Waals surface area contributed by atoms with E-state index in [1.807, 2.05) is 54.6 Å². The maximum absolute atomic E-state index is 11.3. The number of aromatic carboxylic acids is 1. The van der Waals surface area contributed by atoms with Crippen LogP contribution >= 0.6 is 0 Å². The van der Waals surface area contributed by atoms with Crippen molar-refractivity contribution < 1.29 is 9.90 Å². The molecule has 0 saturated carbocycles. The molecule has 0 saturated heterocycles. The lowest BCUT2D eigenvalue weighted by Gasteiger charge is -2.09. The zero-order valence-corrected chi connectivity index (χ0v) is 13.5. The number of fused-ring (bicyclic) bond motifs is 1. The molecule has 1 heterocycles. The first-order chi connectivity index (χ1) is 12.2. The van der Waals surface area contributed by atoms with Crippen LogP contribution in [-0.4, -0.2) is 20.6 Å². The van der Waals surface area contributed by atoms with Gasteiger partial charge in [-0.3, -0.25) is 0 Å². The Bertz CT molecular complexity index is 1040. The van der Waals surface area contributed by atoms with Gasteiger partial charge in [0.15, 0.2) is 0 Å². The van der Waals surface area contributed by atoms with E-state index in [-0.39, 0.29) is 5.56 Å². The normalized spacial score (nSPS) is 10.9. The predicted molar refractivity (Wildman–Crippen MR) is 97.7 cm³/mol. The van der Waals surface area contributed by atoms with Gasteiger partial charge in [0.1, 0.15) is 5.82 Å². The van der Waals surface area contributed by atoms with Gasteiger partial charge in [-0.05, 0) is 23.8 Å². The van der Waals surface area contributed by atoms with Crippen molar-refractivity contribution in [1.82, 2.24) is 9.55 Å². The predicted octanol–water partition coefficient (Wildman–Crippen LogP) is 4.45. The molecule has 4 rings (SSSR count). The van der Waals surface area contributed by atoms with Crippen molar-refractivity contribution in [2.24, 2.45) is 0 Å². The molecule has 4 heteroatoms. The highest BCUT2D eigenvalue weighted by Gasteiger charge is 2.14. The number of rotatable bonds is 4. The van der Waals surface area contributed by atoms with Gasteiger partial charge in [-0.25, -0.2) is 9.78 Å². The zero-order valence-electron chi connectivity index (χ0n) is 13.5. The minimum atomic E-state index is -0.944. The topological polar surface area (TPSA) is 55.1 Å². The molecule has 0 amide bonds. The molecule has 0 fully saturated rings. The lowest BCUT2D eigenvalue weighted by atomic mass is 10.2. The Labute approximate surface area is 145 Å². The second kappa shape index (κ2) is 6.24. The van der Waals surface area contributed by atoms with E-state index < -0.39 is 5.97 Å². The molecule has 0 spiro atoms. The highest BCUT2D eigenvalue weighted by molar-refractivity contribution is 5.93. The number of benzene rings is 3. The van der Waals surface area contributed by atoms with Gasteiger partial charge in [0.2, 0.25) is 0 Å². The third kappa shape index (κ3) is 2.90. The molecule has 4 aromatic rings. The summed E-state index contributed by atoms with van der Waals surface area (Å²) in [6.45, 7) is 0.675. The highest BCUT2D eigenvalue weighted by Crippen LogP contribution is 2.26. The van der Waals surface area contributed by atoms with E-state index in [0.29, 0.717) is 12.1 Å². The maximum atomic E-state index is 11.3. The number of carbonyl (C=O) groups is 1. The molecule has 25 heavy (non-hydrogen) atoms. The smallest absolute Gasteiger partial charge is 0.335 e. The van der Waals surface area contributed by atoms with Crippen molar-refractivity contribution in [3.8, 4) is 11.4 Å². The fraction of sp³-hybridized carbons (Fsp3) is 0.0476. The van der Waals surface area contributed by atoms with Gasteiger partial charge in [-0.2, -0.15) is 0 Å². The molecule has 4 nitrogen and oxygen atoms in total. The Kier molecular flexibility index (Phi) is 3.78. The summed E-state index contributed by atoms with van der Waals surface area (Å²) in [5.41, 5.74) is 4.03. The first kappa shape index (κ1) is 15.1. The summed E-state index contributed by atoms with van der Waals surface area (Å²) < 4.78 is 2.13. The fourth-order valence-electron chi connectivity index (χ4n) is 3.00. The van der Waals surface area contributed by atoms with E-state index in [1.165, 1.54) is 5.56 Å². The van der Waals surface area contributed by atoms with Crippen molar-refractivity contribution in [1.29, 1.82) is 0 Å². The van der Waals surface area contributed by atoms with Crippen LogP contribution in [0.1, 0.15) is 15.9 Å². The Morgan fingerprint density at radius 2 is 1.60 bits per heavy atom. The lowest BCUT2D eigenvalue weighted by molar-refractivity contribution is 0.0697. The molecule has 3 aromatic carbocycles. The Morgan fingerprint density at radius 1 is 0.920 bits per heavy atom. The van der Waals surface area contributed by atoms with Gasteiger partial charge in [-0.1, -0.05) is 60.7 Å². The van der Waals surface area contributed by atoms with E-state index in [4.69, 9.17) is 4.98 Å². The monoisotopic (exact) mass is 328 g/mol. The fourth-order valence-corrected chi connectivity index (χ4v) is 3.00. The second-order valence-corrected chi connectivity index (χ2v) is 5.88. The van der Waals surface area contributed by atoms with Crippen LogP contribution in [0.3, 0.4) is 0 Å². The van der Waals surface area contributed by atoms with Crippen molar-refractivity contribution >= 4 is 17.0 Å². The molecule has 1 N–H and O–H groups in total. The first-order valence-electron chi connectivity index (χ1n) is 8.05. The average Bonchev–Trinajstić information content (AvgIpc) is 3.01. The summed E-state index contributed by atoms with van der Waals surface area (Å²) >= 11 is 0. The molecule has 0 bridgehead atoms. The standard InChI is InChI=1S/C21H16N2O2/c24-21(25)17-11-12-19-18(13-17)22-20(16-9-5-2-6-10-16)23(19)14-15-7-3-1-4-8-15/h1-13H,14H2,(H,24,25). The number of carboxylic acid groups (broad SMARTS) is 1. The number of aromatic nitrogens is 2. The van der Waals surface area contributed by atoms with E-state index in [1.54, 1.807) is 12.1 Å². The molecule has 0 radical (unpaired) electrons. The largest absolute Gasteiger partial charge is 0.478 e. The van der Waals surface area contributed by atoms with Crippen molar-refractivity contribution in [2.45, 2.75) is 6.54 Å². The van der Waals surface area contributed by atoms with Crippen molar-refractivity contribution in [2.75, 3.05) is 0 Å². The van der Waals surface area contributed by atoms with E-state index in [0.717, 1.165) is 16.9 Å². The van der Waals surface area contributed by atoms with Crippen LogP contribution in [0.25, 0.3) is 22.4 Å².